The number of cyclic esters (lactones) is 1. The van der Waals surface area contributed by atoms with Crippen LogP contribution in [-0.4, -0.2) is 18.4 Å². The predicted molar refractivity (Wildman–Crippen MR) is 67.0 cm³/mol. The van der Waals surface area contributed by atoms with Crippen molar-refractivity contribution in [3.05, 3.63) is 35.9 Å². The van der Waals surface area contributed by atoms with Gasteiger partial charge in [-0.15, -0.1) is 0 Å². The first-order valence-corrected chi connectivity index (χ1v) is 5.73. The van der Waals surface area contributed by atoms with Gasteiger partial charge in [0.1, 0.15) is 23.7 Å². The van der Waals surface area contributed by atoms with Crippen molar-refractivity contribution < 1.29 is 19.0 Å². The Morgan fingerprint density at radius 3 is 2.78 bits per heavy atom. The van der Waals surface area contributed by atoms with Gasteiger partial charge in [-0.3, -0.25) is 0 Å². The van der Waals surface area contributed by atoms with E-state index in [0.29, 0.717) is 23.7 Å². The van der Waals surface area contributed by atoms with Crippen molar-refractivity contribution in [3.8, 4) is 11.5 Å². The fourth-order valence-electron chi connectivity index (χ4n) is 1.83. The van der Waals surface area contributed by atoms with E-state index in [1.807, 2.05) is 6.92 Å². The van der Waals surface area contributed by atoms with E-state index in [0.717, 1.165) is 5.56 Å². The highest BCUT2D eigenvalue weighted by Gasteiger charge is 2.36. The Hall–Kier alpha value is -1.97. The van der Waals surface area contributed by atoms with Gasteiger partial charge in [0.05, 0.1) is 0 Å². The number of hydrogen-bond donors (Lipinski definition) is 0. The lowest BCUT2D eigenvalue weighted by atomic mass is 10.1. The molecule has 0 saturated heterocycles. The van der Waals surface area contributed by atoms with E-state index < -0.39 is 11.8 Å². The molecule has 2 rings (SSSR count). The Morgan fingerprint density at radius 1 is 1.39 bits per heavy atom. The highest BCUT2D eigenvalue weighted by Crippen LogP contribution is 2.38. The molecule has 96 valence electrons. The minimum Gasteiger partial charge on any atom is -0.488 e. The van der Waals surface area contributed by atoms with Gasteiger partial charge in [0, 0.05) is 13.8 Å². The fraction of sp³-hybridized carbons (Fsp3) is 0.357. The molecule has 0 saturated carbocycles. The van der Waals surface area contributed by atoms with Gasteiger partial charge < -0.3 is 14.2 Å². The van der Waals surface area contributed by atoms with Crippen LogP contribution in [0.1, 0.15) is 29.8 Å². The molecule has 0 aromatic heterocycles. The van der Waals surface area contributed by atoms with Crippen molar-refractivity contribution in [1.29, 1.82) is 0 Å². The van der Waals surface area contributed by atoms with Crippen molar-refractivity contribution in [2.75, 3.05) is 6.61 Å². The third-order valence-corrected chi connectivity index (χ3v) is 2.47. The third kappa shape index (κ3) is 2.32. The molecular weight excluding hydrogens is 232 g/mol. The van der Waals surface area contributed by atoms with E-state index in [4.69, 9.17) is 14.2 Å². The fourth-order valence-corrected chi connectivity index (χ4v) is 1.83. The lowest BCUT2D eigenvalue weighted by Gasteiger charge is -2.32. The van der Waals surface area contributed by atoms with Gasteiger partial charge in [-0.2, -0.15) is 0 Å². The summed E-state index contributed by atoms with van der Waals surface area (Å²) >= 11 is 0. The van der Waals surface area contributed by atoms with Gasteiger partial charge in [-0.25, -0.2) is 4.79 Å². The Kier molecular flexibility index (Phi) is 3.03. The molecule has 1 aromatic carbocycles. The zero-order valence-electron chi connectivity index (χ0n) is 10.8. The number of hydrogen-bond acceptors (Lipinski definition) is 4. The quantitative estimate of drug-likeness (QED) is 0.609. The lowest BCUT2D eigenvalue weighted by molar-refractivity contribution is -0.127. The van der Waals surface area contributed by atoms with Crippen LogP contribution >= 0.6 is 0 Å². The number of ether oxygens (including phenoxy) is 3. The van der Waals surface area contributed by atoms with Gasteiger partial charge in [-0.05, 0) is 24.6 Å². The molecule has 0 spiro atoms. The van der Waals surface area contributed by atoms with E-state index >= 15 is 0 Å². The number of carbonyl (C=O) groups excluding carboxylic acids is 1. The molecule has 1 aromatic rings. The molecule has 0 atom stereocenters. The number of esters is 1. The molecule has 0 fully saturated rings. The maximum Gasteiger partial charge on any atom is 0.349 e. The van der Waals surface area contributed by atoms with E-state index in [2.05, 4.69) is 6.58 Å². The molecule has 4 heteroatoms. The van der Waals surface area contributed by atoms with Crippen LogP contribution in [0, 0.1) is 6.92 Å². The summed E-state index contributed by atoms with van der Waals surface area (Å²) in [5, 5.41) is 0. The van der Waals surface area contributed by atoms with Crippen LogP contribution in [0.5, 0.6) is 11.5 Å². The van der Waals surface area contributed by atoms with Gasteiger partial charge in [0.2, 0.25) is 5.79 Å². The minimum absolute atomic E-state index is 0.326. The largest absolute Gasteiger partial charge is 0.488 e. The molecule has 1 aliphatic heterocycles. The summed E-state index contributed by atoms with van der Waals surface area (Å²) in [4.78, 5) is 12.0. The molecule has 4 nitrogen and oxygen atoms in total. The van der Waals surface area contributed by atoms with Gasteiger partial charge in [0.15, 0.2) is 0 Å². The second-order valence-corrected chi connectivity index (χ2v) is 4.63. The predicted octanol–water partition coefficient (Wildman–Crippen LogP) is 2.85. The van der Waals surface area contributed by atoms with Crippen LogP contribution in [0.25, 0.3) is 0 Å². The molecule has 0 aliphatic carbocycles. The maximum absolute atomic E-state index is 12.0. The van der Waals surface area contributed by atoms with Crippen LogP contribution in [0.4, 0.5) is 0 Å². The van der Waals surface area contributed by atoms with Crippen molar-refractivity contribution >= 4 is 5.97 Å². The first-order chi connectivity index (χ1) is 8.43. The summed E-state index contributed by atoms with van der Waals surface area (Å²) in [7, 11) is 0. The van der Waals surface area contributed by atoms with Crippen LogP contribution in [0.15, 0.2) is 24.8 Å². The SMILES string of the molecule is C=CCOc1cc(C)cc2c1C(=O)OC(C)(C)O2. The number of rotatable bonds is 3. The van der Waals surface area contributed by atoms with Crippen LogP contribution in [0.2, 0.25) is 0 Å². The zero-order valence-corrected chi connectivity index (χ0v) is 10.8. The number of aryl methyl sites for hydroxylation is 1. The molecule has 0 radical (unpaired) electrons. The molecule has 1 heterocycles. The summed E-state index contributed by atoms with van der Waals surface area (Å²) in [5.41, 5.74) is 1.29. The van der Waals surface area contributed by atoms with Gasteiger partial charge in [-0.1, -0.05) is 12.7 Å². The highest BCUT2D eigenvalue weighted by molar-refractivity contribution is 5.96. The Labute approximate surface area is 106 Å². The molecule has 0 N–H and O–H groups in total. The standard InChI is InChI=1S/C14H16O4/c1-5-6-16-10-7-9(2)8-11-12(10)13(15)18-14(3,4)17-11/h5,7-8H,1,6H2,2-4H3. The average molecular weight is 248 g/mol. The van der Waals surface area contributed by atoms with Crippen LogP contribution in [0.3, 0.4) is 0 Å². The van der Waals surface area contributed by atoms with Crippen LogP contribution in [-0.2, 0) is 4.74 Å². The Morgan fingerprint density at radius 2 is 2.11 bits per heavy atom. The summed E-state index contributed by atoms with van der Waals surface area (Å²) < 4.78 is 16.3. The Balaban J connectivity index is 2.48. The molecule has 0 unspecified atom stereocenters. The monoisotopic (exact) mass is 248 g/mol. The number of fused-ring (bicyclic) bond motifs is 1. The van der Waals surface area contributed by atoms with E-state index in [9.17, 15) is 4.79 Å². The van der Waals surface area contributed by atoms with Crippen molar-refractivity contribution in [3.63, 3.8) is 0 Å². The molecule has 0 amide bonds. The first kappa shape index (κ1) is 12.5. The molecule has 18 heavy (non-hydrogen) atoms. The lowest BCUT2D eigenvalue weighted by Crippen LogP contribution is -2.39. The van der Waals surface area contributed by atoms with E-state index in [1.54, 1.807) is 32.1 Å². The van der Waals surface area contributed by atoms with Gasteiger partial charge in [0.25, 0.3) is 0 Å². The van der Waals surface area contributed by atoms with Crippen molar-refractivity contribution in [2.24, 2.45) is 0 Å². The summed E-state index contributed by atoms with van der Waals surface area (Å²) in [6, 6.07) is 3.59. The van der Waals surface area contributed by atoms with Crippen LogP contribution < -0.4 is 9.47 Å². The molecule has 0 bridgehead atoms. The second-order valence-electron chi connectivity index (χ2n) is 4.63. The second kappa shape index (κ2) is 4.37. The summed E-state index contributed by atoms with van der Waals surface area (Å²) in [5.74, 6) is -0.422. The third-order valence-electron chi connectivity index (χ3n) is 2.47. The average Bonchev–Trinajstić information content (AvgIpc) is 2.22. The first-order valence-electron chi connectivity index (χ1n) is 5.73. The zero-order chi connectivity index (χ0) is 13.3. The molecular formula is C14H16O4. The highest BCUT2D eigenvalue weighted by atomic mass is 16.7. The maximum atomic E-state index is 12.0. The number of carbonyl (C=O) groups is 1. The van der Waals surface area contributed by atoms with E-state index in [1.165, 1.54) is 0 Å². The van der Waals surface area contributed by atoms with Crippen molar-refractivity contribution in [2.45, 2.75) is 26.6 Å². The normalized spacial score (nSPS) is 16.3. The topological polar surface area (TPSA) is 44.8 Å². The summed E-state index contributed by atoms with van der Waals surface area (Å²) in [6.07, 6.45) is 1.62. The molecule has 1 aliphatic rings. The van der Waals surface area contributed by atoms with Gasteiger partial charge >= 0.3 is 5.97 Å². The minimum atomic E-state index is -0.951. The Bertz CT molecular complexity index is 503. The van der Waals surface area contributed by atoms with E-state index in [-0.39, 0.29) is 0 Å². The summed E-state index contributed by atoms with van der Waals surface area (Å²) in [6.45, 7) is 9.21. The van der Waals surface area contributed by atoms with Crippen molar-refractivity contribution in [1.82, 2.24) is 0 Å². The number of benzene rings is 1. The smallest absolute Gasteiger partial charge is 0.349 e.